The summed E-state index contributed by atoms with van der Waals surface area (Å²) in [6.45, 7) is 6.03. The van der Waals surface area contributed by atoms with E-state index in [1.807, 2.05) is 6.07 Å². The third-order valence-electron chi connectivity index (χ3n) is 3.32. The maximum Gasteiger partial charge on any atom is 0.150 e. The molecule has 5 heteroatoms. The van der Waals surface area contributed by atoms with E-state index in [1.54, 1.807) is 6.92 Å². The lowest BCUT2D eigenvalue weighted by molar-refractivity contribution is 0.593. The van der Waals surface area contributed by atoms with Gasteiger partial charge in [0.05, 0.1) is 5.75 Å². The zero-order chi connectivity index (χ0) is 15.0. The molecule has 1 aromatic rings. The van der Waals surface area contributed by atoms with Crippen LogP contribution < -0.4 is 10.6 Å². The Hall–Kier alpha value is -1.07. The van der Waals surface area contributed by atoms with Gasteiger partial charge in [0.2, 0.25) is 0 Å². The van der Waals surface area contributed by atoms with E-state index in [0.717, 1.165) is 25.2 Å². The summed E-state index contributed by atoms with van der Waals surface area (Å²) in [6, 6.07) is 8.29. The molecule has 1 rings (SSSR count). The number of nitrogens with two attached hydrogens (primary N) is 1. The molecule has 2 N–H and O–H groups in total. The standard InChI is InChI=1S/C15H26N2O2S/c1-3-20(18,19)12-6-11-17(10-5-9-16)15-8-4-7-14(2)13-15/h4,7-8,13H,3,5-6,9-12,16H2,1-2H3. The normalized spacial score (nSPS) is 11.6. The second-order valence-corrected chi connectivity index (χ2v) is 7.53. The van der Waals surface area contributed by atoms with Gasteiger partial charge in [-0.05, 0) is 44.0 Å². The molecule has 0 aliphatic carbocycles. The van der Waals surface area contributed by atoms with Gasteiger partial charge in [0.15, 0.2) is 0 Å². The highest BCUT2D eigenvalue weighted by atomic mass is 32.2. The van der Waals surface area contributed by atoms with E-state index >= 15 is 0 Å². The van der Waals surface area contributed by atoms with Crippen molar-refractivity contribution in [2.75, 3.05) is 36.0 Å². The molecule has 114 valence electrons. The fraction of sp³-hybridized carbons (Fsp3) is 0.600. The third kappa shape index (κ3) is 5.92. The number of hydrogen-bond acceptors (Lipinski definition) is 4. The average Bonchev–Trinajstić information content (AvgIpc) is 2.42. The predicted molar refractivity (Wildman–Crippen MR) is 86.0 cm³/mol. The molecule has 1 aromatic carbocycles. The first-order valence-corrected chi connectivity index (χ1v) is 9.02. The first-order chi connectivity index (χ1) is 9.48. The Morgan fingerprint density at radius 1 is 1.20 bits per heavy atom. The van der Waals surface area contributed by atoms with Crippen molar-refractivity contribution in [3.05, 3.63) is 29.8 Å². The van der Waals surface area contributed by atoms with E-state index in [1.165, 1.54) is 5.56 Å². The van der Waals surface area contributed by atoms with Gasteiger partial charge < -0.3 is 10.6 Å². The topological polar surface area (TPSA) is 63.4 Å². The van der Waals surface area contributed by atoms with Crippen LogP contribution in [0, 0.1) is 6.92 Å². The third-order valence-corrected chi connectivity index (χ3v) is 5.11. The molecule has 0 saturated heterocycles. The first-order valence-electron chi connectivity index (χ1n) is 7.20. The van der Waals surface area contributed by atoms with Gasteiger partial charge in [0.25, 0.3) is 0 Å². The van der Waals surface area contributed by atoms with Crippen LogP contribution in [0.4, 0.5) is 5.69 Å². The number of hydrogen-bond donors (Lipinski definition) is 1. The highest BCUT2D eigenvalue weighted by molar-refractivity contribution is 7.91. The number of sulfone groups is 1. The Morgan fingerprint density at radius 2 is 1.90 bits per heavy atom. The number of benzene rings is 1. The largest absolute Gasteiger partial charge is 0.371 e. The Balaban J connectivity index is 2.65. The summed E-state index contributed by atoms with van der Waals surface area (Å²) in [5, 5.41) is 0. The second kappa shape index (κ2) is 8.27. The SMILES string of the molecule is CCS(=O)(=O)CCCN(CCCN)c1cccc(C)c1. The highest BCUT2D eigenvalue weighted by Gasteiger charge is 2.10. The van der Waals surface area contributed by atoms with E-state index < -0.39 is 9.84 Å². The van der Waals surface area contributed by atoms with Gasteiger partial charge in [0, 0.05) is 24.5 Å². The molecule has 0 atom stereocenters. The van der Waals surface area contributed by atoms with Crippen molar-refractivity contribution < 1.29 is 8.42 Å². The summed E-state index contributed by atoms with van der Waals surface area (Å²) in [6.07, 6.45) is 1.57. The number of anilines is 1. The lowest BCUT2D eigenvalue weighted by atomic mass is 10.2. The first kappa shape index (κ1) is 17.0. The van der Waals surface area contributed by atoms with E-state index in [4.69, 9.17) is 5.73 Å². The molecule has 0 aromatic heterocycles. The number of aryl methyl sites for hydroxylation is 1. The van der Waals surface area contributed by atoms with Gasteiger partial charge in [-0.3, -0.25) is 0 Å². The van der Waals surface area contributed by atoms with E-state index in [2.05, 4.69) is 30.0 Å². The van der Waals surface area contributed by atoms with Gasteiger partial charge in [0.1, 0.15) is 9.84 Å². The Morgan fingerprint density at radius 3 is 2.50 bits per heavy atom. The molecule has 0 fully saturated rings. The van der Waals surface area contributed by atoms with Crippen molar-refractivity contribution in [1.29, 1.82) is 0 Å². The zero-order valence-electron chi connectivity index (χ0n) is 12.5. The van der Waals surface area contributed by atoms with E-state index in [0.29, 0.717) is 13.0 Å². The van der Waals surface area contributed by atoms with Crippen LogP contribution in [-0.2, 0) is 9.84 Å². The van der Waals surface area contributed by atoms with Crippen molar-refractivity contribution in [3.8, 4) is 0 Å². The van der Waals surface area contributed by atoms with Crippen LogP contribution in [0.5, 0.6) is 0 Å². The Labute approximate surface area is 122 Å². The lowest BCUT2D eigenvalue weighted by Crippen LogP contribution is -2.28. The number of nitrogens with zero attached hydrogens (tertiary/aromatic N) is 1. The summed E-state index contributed by atoms with van der Waals surface area (Å²) in [5.41, 5.74) is 7.94. The maximum atomic E-state index is 11.5. The fourth-order valence-electron chi connectivity index (χ4n) is 2.10. The number of rotatable bonds is 9. The van der Waals surface area contributed by atoms with Crippen LogP contribution in [0.3, 0.4) is 0 Å². The minimum absolute atomic E-state index is 0.222. The molecule has 0 unspecified atom stereocenters. The molecule has 0 amide bonds. The van der Waals surface area contributed by atoms with Crippen LogP contribution in [0.2, 0.25) is 0 Å². The summed E-state index contributed by atoms with van der Waals surface area (Å²) in [5.74, 6) is 0.481. The lowest BCUT2D eigenvalue weighted by Gasteiger charge is -2.25. The Bertz CT molecular complexity index is 500. The summed E-state index contributed by atoms with van der Waals surface area (Å²) >= 11 is 0. The summed E-state index contributed by atoms with van der Waals surface area (Å²) < 4.78 is 23.1. The fourth-order valence-corrected chi connectivity index (χ4v) is 2.95. The minimum Gasteiger partial charge on any atom is -0.371 e. The monoisotopic (exact) mass is 298 g/mol. The molecule has 0 aliphatic heterocycles. The quantitative estimate of drug-likeness (QED) is 0.757. The van der Waals surface area contributed by atoms with Gasteiger partial charge in [-0.2, -0.15) is 0 Å². The molecule has 4 nitrogen and oxygen atoms in total. The predicted octanol–water partition coefficient (Wildman–Crippen LogP) is 1.98. The van der Waals surface area contributed by atoms with Crippen molar-refractivity contribution in [3.63, 3.8) is 0 Å². The van der Waals surface area contributed by atoms with Gasteiger partial charge in [-0.15, -0.1) is 0 Å². The minimum atomic E-state index is -2.88. The Kier molecular flexibility index (Phi) is 7.02. The molecule has 0 aliphatic rings. The van der Waals surface area contributed by atoms with Crippen LogP contribution in [-0.4, -0.2) is 39.6 Å². The van der Waals surface area contributed by atoms with Gasteiger partial charge in [-0.25, -0.2) is 8.42 Å². The molecule has 20 heavy (non-hydrogen) atoms. The van der Waals surface area contributed by atoms with Crippen LogP contribution >= 0.6 is 0 Å². The summed E-state index contributed by atoms with van der Waals surface area (Å²) in [4.78, 5) is 2.23. The van der Waals surface area contributed by atoms with Crippen molar-refractivity contribution in [2.45, 2.75) is 26.7 Å². The van der Waals surface area contributed by atoms with Crippen molar-refractivity contribution >= 4 is 15.5 Å². The summed E-state index contributed by atoms with van der Waals surface area (Å²) in [7, 11) is -2.88. The molecule has 0 radical (unpaired) electrons. The maximum absolute atomic E-state index is 11.5. The zero-order valence-corrected chi connectivity index (χ0v) is 13.3. The molecule has 0 saturated carbocycles. The van der Waals surface area contributed by atoms with Crippen LogP contribution in [0.15, 0.2) is 24.3 Å². The molecule has 0 bridgehead atoms. The second-order valence-electron chi connectivity index (χ2n) is 5.06. The highest BCUT2D eigenvalue weighted by Crippen LogP contribution is 2.16. The van der Waals surface area contributed by atoms with Crippen LogP contribution in [0.25, 0.3) is 0 Å². The molecule has 0 spiro atoms. The van der Waals surface area contributed by atoms with Crippen molar-refractivity contribution in [2.24, 2.45) is 5.73 Å². The van der Waals surface area contributed by atoms with E-state index in [9.17, 15) is 8.42 Å². The van der Waals surface area contributed by atoms with Gasteiger partial charge >= 0.3 is 0 Å². The van der Waals surface area contributed by atoms with Crippen molar-refractivity contribution in [1.82, 2.24) is 0 Å². The van der Waals surface area contributed by atoms with E-state index in [-0.39, 0.29) is 11.5 Å². The molecular formula is C15H26N2O2S. The molecular weight excluding hydrogens is 272 g/mol. The van der Waals surface area contributed by atoms with Crippen LogP contribution in [0.1, 0.15) is 25.3 Å². The van der Waals surface area contributed by atoms with Gasteiger partial charge in [-0.1, -0.05) is 19.1 Å². The average molecular weight is 298 g/mol. The molecule has 0 heterocycles. The smallest absolute Gasteiger partial charge is 0.150 e.